The van der Waals surface area contributed by atoms with Crippen molar-refractivity contribution >= 4 is 5.91 Å². The first kappa shape index (κ1) is 23.1. The van der Waals surface area contributed by atoms with Crippen molar-refractivity contribution in [2.75, 3.05) is 19.6 Å². The summed E-state index contributed by atoms with van der Waals surface area (Å²) >= 11 is 0. The maximum atomic E-state index is 13.6. The van der Waals surface area contributed by atoms with E-state index in [0.29, 0.717) is 25.2 Å². The van der Waals surface area contributed by atoms with Crippen LogP contribution in [0.1, 0.15) is 50.2 Å². The molecule has 4 nitrogen and oxygen atoms in total. The lowest BCUT2D eigenvalue weighted by Gasteiger charge is -2.40. The van der Waals surface area contributed by atoms with Crippen LogP contribution in [0.25, 0.3) is 0 Å². The Morgan fingerprint density at radius 3 is 2.32 bits per heavy atom. The van der Waals surface area contributed by atoms with Crippen molar-refractivity contribution < 1.29 is 9.90 Å². The van der Waals surface area contributed by atoms with Gasteiger partial charge < -0.3 is 15.3 Å². The topological polar surface area (TPSA) is 52.6 Å². The Bertz CT molecular complexity index is 866. The van der Waals surface area contributed by atoms with Crippen LogP contribution in [0.2, 0.25) is 0 Å². The van der Waals surface area contributed by atoms with E-state index in [1.807, 2.05) is 55.5 Å². The zero-order valence-electron chi connectivity index (χ0n) is 18.5. The van der Waals surface area contributed by atoms with Crippen LogP contribution in [-0.2, 0) is 16.9 Å². The predicted octanol–water partition coefficient (Wildman–Crippen LogP) is 4.10. The van der Waals surface area contributed by atoms with E-state index in [1.165, 1.54) is 12.0 Å². The number of benzene rings is 2. The zero-order valence-corrected chi connectivity index (χ0v) is 18.5. The standard InChI is InChI=1S/C27H34N2O2/c1-2-29(21-13-12-20-28-22-23-14-6-3-7-15-23)26(30)27(31,24-16-8-4-9-17-24)25-18-10-5-11-19-25/h3-4,6-9,14-17,25,28,31H,2,5,10-11,18-22H2,1H3. The highest BCUT2D eigenvalue weighted by Gasteiger charge is 2.47. The number of aliphatic hydroxyl groups is 1. The van der Waals surface area contributed by atoms with Crippen LogP contribution in [0.3, 0.4) is 0 Å². The van der Waals surface area contributed by atoms with Crippen molar-refractivity contribution in [2.24, 2.45) is 5.92 Å². The van der Waals surface area contributed by atoms with Crippen molar-refractivity contribution in [3.63, 3.8) is 0 Å². The molecule has 164 valence electrons. The molecule has 3 rings (SSSR count). The van der Waals surface area contributed by atoms with E-state index in [-0.39, 0.29) is 11.8 Å². The number of likely N-dealkylation sites (N-methyl/N-ethyl adjacent to an activating group) is 1. The van der Waals surface area contributed by atoms with Gasteiger partial charge in [-0.2, -0.15) is 0 Å². The van der Waals surface area contributed by atoms with Crippen molar-refractivity contribution in [2.45, 2.75) is 51.2 Å². The average Bonchev–Trinajstić information content (AvgIpc) is 2.84. The molecule has 1 fully saturated rings. The Kier molecular flexibility index (Phi) is 8.70. The Balaban J connectivity index is 1.65. The van der Waals surface area contributed by atoms with Crippen molar-refractivity contribution in [3.8, 4) is 11.8 Å². The minimum atomic E-state index is -1.48. The fourth-order valence-corrected chi connectivity index (χ4v) is 4.39. The Morgan fingerprint density at radius 2 is 1.68 bits per heavy atom. The van der Waals surface area contributed by atoms with Gasteiger partial charge in [0, 0.05) is 19.0 Å². The second-order valence-electron chi connectivity index (χ2n) is 8.23. The first-order valence-electron chi connectivity index (χ1n) is 11.4. The normalized spacial score (nSPS) is 16.1. The molecule has 2 aromatic rings. The summed E-state index contributed by atoms with van der Waals surface area (Å²) in [5.41, 5.74) is 0.434. The highest BCUT2D eigenvalue weighted by molar-refractivity contribution is 5.87. The Hall–Kier alpha value is -2.61. The Morgan fingerprint density at radius 1 is 1.03 bits per heavy atom. The maximum Gasteiger partial charge on any atom is 0.260 e. The fraction of sp³-hybridized carbons (Fsp3) is 0.444. The third kappa shape index (κ3) is 5.97. The summed E-state index contributed by atoms with van der Waals surface area (Å²) in [6.07, 6.45) is 5.06. The highest BCUT2D eigenvalue weighted by Crippen LogP contribution is 2.40. The summed E-state index contributed by atoms with van der Waals surface area (Å²) < 4.78 is 0. The number of carbonyl (C=O) groups excluding carboxylic acids is 1. The molecule has 0 bridgehead atoms. The molecule has 4 heteroatoms. The van der Waals surface area contributed by atoms with E-state index in [1.54, 1.807) is 4.90 Å². The monoisotopic (exact) mass is 418 g/mol. The minimum Gasteiger partial charge on any atom is -0.375 e. The molecule has 2 aromatic carbocycles. The number of amides is 1. The summed E-state index contributed by atoms with van der Waals surface area (Å²) in [5, 5.41) is 15.1. The fourth-order valence-electron chi connectivity index (χ4n) is 4.39. The molecular formula is C27H34N2O2. The molecule has 0 aromatic heterocycles. The number of hydrogen-bond acceptors (Lipinski definition) is 3. The van der Waals surface area contributed by atoms with Gasteiger partial charge >= 0.3 is 0 Å². The van der Waals surface area contributed by atoms with Crippen molar-refractivity contribution in [1.29, 1.82) is 0 Å². The second kappa shape index (κ2) is 11.7. The van der Waals surface area contributed by atoms with Crippen LogP contribution in [0, 0.1) is 17.8 Å². The number of carbonyl (C=O) groups is 1. The summed E-state index contributed by atoms with van der Waals surface area (Å²) in [6.45, 7) is 4.12. The van der Waals surface area contributed by atoms with E-state index in [2.05, 4.69) is 29.3 Å². The molecule has 0 heterocycles. The van der Waals surface area contributed by atoms with E-state index >= 15 is 0 Å². The molecule has 1 unspecified atom stereocenters. The van der Waals surface area contributed by atoms with Gasteiger partial charge in [0.2, 0.25) is 0 Å². The van der Waals surface area contributed by atoms with Gasteiger partial charge in [0.25, 0.3) is 5.91 Å². The second-order valence-corrected chi connectivity index (χ2v) is 8.23. The van der Waals surface area contributed by atoms with Gasteiger partial charge in [0.1, 0.15) is 0 Å². The van der Waals surface area contributed by atoms with Gasteiger partial charge in [-0.05, 0) is 30.9 Å². The summed E-state index contributed by atoms with van der Waals surface area (Å²) in [7, 11) is 0. The van der Waals surface area contributed by atoms with Gasteiger partial charge in [-0.25, -0.2) is 0 Å². The van der Waals surface area contributed by atoms with Gasteiger partial charge in [-0.15, -0.1) is 0 Å². The highest BCUT2D eigenvalue weighted by atomic mass is 16.3. The number of rotatable bonds is 8. The van der Waals surface area contributed by atoms with Gasteiger partial charge in [0.15, 0.2) is 5.60 Å². The lowest BCUT2D eigenvalue weighted by molar-refractivity contribution is -0.160. The Labute approximate surface area is 186 Å². The van der Waals surface area contributed by atoms with Gasteiger partial charge in [-0.3, -0.25) is 4.79 Å². The summed E-state index contributed by atoms with van der Waals surface area (Å²) in [6, 6.07) is 19.7. The van der Waals surface area contributed by atoms with Crippen molar-refractivity contribution in [3.05, 3.63) is 71.8 Å². The lowest BCUT2D eigenvalue weighted by atomic mass is 9.72. The zero-order chi connectivity index (χ0) is 21.9. The molecule has 2 N–H and O–H groups in total. The molecule has 0 radical (unpaired) electrons. The van der Waals surface area contributed by atoms with Crippen LogP contribution < -0.4 is 5.32 Å². The SMILES string of the molecule is CCN(CC#CCNCc1ccccc1)C(=O)C(O)(c1ccccc1)C1CCCCC1. The first-order valence-corrected chi connectivity index (χ1v) is 11.4. The minimum absolute atomic E-state index is 0.0503. The molecule has 1 saturated carbocycles. The van der Waals surface area contributed by atoms with E-state index in [0.717, 1.165) is 32.2 Å². The van der Waals surface area contributed by atoms with Gasteiger partial charge in [-0.1, -0.05) is 91.8 Å². The number of nitrogens with zero attached hydrogens (tertiary/aromatic N) is 1. The van der Waals surface area contributed by atoms with Crippen LogP contribution in [0.4, 0.5) is 0 Å². The van der Waals surface area contributed by atoms with E-state index in [9.17, 15) is 9.90 Å². The van der Waals surface area contributed by atoms with Crippen LogP contribution >= 0.6 is 0 Å². The first-order chi connectivity index (χ1) is 15.2. The van der Waals surface area contributed by atoms with E-state index in [4.69, 9.17) is 0 Å². The van der Waals surface area contributed by atoms with Crippen molar-refractivity contribution in [1.82, 2.24) is 10.2 Å². The molecule has 0 aliphatic heterocycles. The molecule has 0 spiro atoms. The van der Waals surface area contributed by atoms with Gasteiger partial charge in [0.05, 0.1) is 13.1 Å². The largest absolute Gasteiger partial charge is 0.375 e. The number of hydrogen-bond donors (Lipinski definition) is 2. The predicted molar refractivity (Wildman–Crippen MR) is 125 cm³/mol. The molecule has 1 aliphatic rings. The van der Waals surface area contributed by atoms with Crippen LogP contribution in [0.5, 0.6) is 0 Å². The maximum absolute atomic E-state index is 13.6. The lowest BCUT2D eigenvalue weighted by Crippen LogP contribution is -2.52. The summed E-state index contributed by atoms with van der Waals surface area (Å²) in [5.74, 6) is 5.95. The molecular weight excluding hydrogens is 384 g/mol. The van der Waals surface area contributed by atoms with E-state index < -0.39 is 5.60 Å². The summed E-state index contributed by atoms with van der Waals surface area (Å²) in [4.78, 5) is 15.3. The molecule has 1 aliphatic carbocycles. The molecule has 1 amide bonds. The smallest absolute Gasteiger partial charge is 0.260 e. The molecule has 31 heavy (non-hydrogen) atoms. The van der Waals surface area contributed by atoms with Crippen LogP contribution in [0.15, 0.2) is 60.7 Å². The third-order valence-corrected chi connectivity index (χ3v) is 6.19. The number of nitrogens with one attached hydrogen (secondary N) is 1. The average molecular weight is 419 g/mol. The van der Waals surface area contributed by atoms with Crippen LogP contribution in [-0.4, -0.2) is 35.5 Å². The quantitative estimate of drug-likeness (QED) is 0.501. The third-order valence-electron chi connectivity index (χ3n) is 6.19. The molecule has 0 saturated heterocycles. The molecule has 1 atom stereocenters.